The van der Waals surface area contributed by atoms with Crippen LogP contribution in [0.4, 0.5) is 0 Å². The third kappa shape index (κ3) is 2.62. The van der Waals surface area contributed by atoms with Crippen LogP contribution in [0.15, 0.2) is 22.0 Å². The number of hydrogen-bond donors (Lipinski definition) is 1. The average molecular weight is 342 g/mol. The summed E-state index contributed by atoms with van der Waals surface area (Å²) < 4.78 is 43.6. The fourth-order valence-electron chi connectivity index (χ4n) is 2.40. The van der Waals surface area contributed by atoms with Crippen molar-refractivity contribution in [3.63, 3.8) is 0 Å². The van der Waals surface area contributed by atoms with Gasteiger partial charge >= 0.3 is 0 Å². The summed E-state index contributed by atoms with van der Waals surface area (Å²) in [5, 5.41) is 0.151. The SMILES string of the molecule is CNS(=O)(=O)c1cn(C)c2c(OC)c(OC)c(OC)cc2c1=O. The molecule has 0 amide bonds. The zero-order valence-electron chi connectivity index (χ0n) is 13.5. The van der Waals surface area contributed by atoms with E-state index in [-0.39, 0.29) is 21.8 Å². The topological polar surface area (TPSA) is 95.9 Å². The highest BCUT2D eigenvalue weighted by Crippen LogP contribution is 2.42. The Morgan fingerprint density at radius 3 is 2.17 bits per heavy atom. The second-order valence-corrected chi connectivity index (χ2v) is 6.54. The predicted molar refractivity (Wildman–Crippen MR) is 85.1 cm³/mol. The van der Waals surface area contributed by atoms with Gasteiger partial charge in [-0.05, 0) is 13.1 Å². The number of nitrogens with one attached hydrogen (secondary N) is 1. The molecule has 0 aliphatic carbocycles. The highest BCUT2D eigenvalue weighted by Gasteiger charge is 2.24. The van der Waals surface area contributed by atoms with Crippen molar-refractivity contribution in [3.05, 3.63) is 22.5 Å². The number of aromatic nitrogens is 1. The van der Waals surface area contributed by atoms with Crippen LogP contribution in [0.2, 0.25) is 0 Å². The third-order valence-electron chi connectivity index (χ3n) is 3.49. The molecule has 2 aromatic rings. The van der Waals surface area contributed by atoms with E-state index in [0.29, 0.717) is 11.3 Å². The Hall–Kier alpha value is -2.26. The van der Waals surface area contributed by atoms with Crippen LogP contribution in [0.5, 0.6) is 17.2 Å². The van der Waals surface area contributed by atoms with Crippen LogP contribution in [0.25, 0.3) is 10.9 Å². The van der Waals surface area contributed by atoms with Crippen LogP contribution in [0.3, 0.4) is 0 Å². The number of ether oxygens (including phenoxy) is 3. The first-order valence-corrected chi connectivity index (χ1v) is 8.06. The molecule has 0 aliphatic heterocycles. The van der Waals surface area contributed by atoms with Crippen molar-refractivity contribution in [3.8, 4) is 17.2 Å². The van der Waals surface area contributed by atoms with Crippen molar-refractivity contribution in [1.82, 2.24) is 9.29 Å². The van der Waals surface area contributed by atoms with E-state index in [9.17, 15) is 13.2 Å². The number of benzene rings is 1. The van der Waals surface area contributed by atoms with Gasteiger partial charge in [-0.2, -0.15) is 0 Å². The monoisotopic (exact) mass is 342 g/mol. The molecule has 8 nitrogen and oxygen atoms in total. The minimum atomic E-state index is -3.89. The Bertz CT molecular complexity index is 917. The van der Waals surface area contributed by atoms with Crippen LogP contribution >= 0.6 is 0 Å². The third-order valence-corrected chi connectivity index (χ3v) is 4.90. The number of pyridine rings is 1. The first-order chi connectivity index (χ1) is 10.8. The smallest absolute Gasteiger partial charge is 0.245 e. The molecule has 0 spiro atoms. The number of fused-ring (bicyclic) bond motifs is 1. The summed E-state index contributed by atoms with van der Waals surface area (Å²) in [6.07, 6.45) is 1.24. The van der Waals surface area contributed by atoms with E-state index >= 15 is 0 Å². The van der Waals surface area contributed by atoms with Crippen molar-refractivity contribution in [1.29, 1.82) is 0 Å². The summed E-state index contributed by atoms with van der Waals surface area (Å²) in [6, 6.07) is 1.44. The van der Waals surface area contributed by atoms with E-state index in [4.69, 9.17) is 14.2 Å². The molecule has 0 bridgehead atoms. The molecule has 126 valence electrons. The number of aryl methyl sites for hydroxylation is 1. The minimum absolute atomic E-state index is 0.151. The Morgan fingerprint density at radius 2 is 1.70 bits per heavy atom. The van der Waals surface area contributed by atoms with Gasteiger partial charge in [-0.1, -0.05) is 0 Å². The molecule has 0 fully saturated rings. The molecule has 1 N–H and O–H groups in total. The molecule has 1 heterocycles. The molecule has 0 radical (unpaired) electrons. The number of rotatable bonds is 5. The first-order valence-electron chi connectivity index (χ1n) is 6.58. The van der Waals surface area contributed by atoms with Crippen LogP contribution in [-0.4, -0.2) is 41.4 Å². The van der Waals surface area contributed by atoms with Crippen molar-refractivity contribution in [2.75, 3.05) is 28.4 Å². The lowest BCUT2D eigenvalue weighted by atomic mass is 10.1. The molecule has 23 heavy (non-hydrogen) atoms. The fourth-order valence-corrected chi connectivity index (χ4v) is 3.27. The molecule has 0 unspecified atom stereocenters. The summed E-state index contributed by atoms with van der Waals surface area (Å²) in [6.45, 7) is 0. The summed E-state index contributed by atoms with van der Waals surface area (Å²) in [5.41, 5.74) is -0.239. The highest BCUT2D eigenvalue weighted by atomic mass is 32.2. The highest BCUT2D eigenvalue weighted by molar-refractivity contribution is 7.89. The zero-order chi connectivity index (χ0) is 17.4. The van der Waals surface area contributed by atoms with Crippen molar-refractivity contribution < 1.29 is 22.6 Å². The van der Waals surface area contributed by atoms with E-state index in [1.807, 2.05) is 0 Å². The van der Waals surface area contributed by atoms with E-state index in [1.165, 1.54) is 45.2 Å². The lowest BCUT2D eigenvalue weighted by Gasteiger charge is -2.17. The second kappa shape index (κ2) is 6.09. The Balaban J connectivity index is 3.07. The van der Waals surface area contributed by atoms with E-state index < -0.39 is 15.5 Å². The lowest BCUT2D eigenvalue weighted by molar-refractivity contribution is 0.326. The van der Waals surface area contributed by atoms with Crippen molar-refractivity contribution in [2.24, 2.45) is 7.05 Å². The zero-order valence-corrected chi connectivity index (χ0v) is 14.3. The van der Waals surface area contributed by atoms with Gasteiger partial charge in [0, 0.05) is 13.2 Å². The maximum Gasteiger partial charge on any atom is 0.245 e. The lowest BCUT2D eigenvalue weighted by Crippen LogP contribution is -2.26. The maximum absolute atomic E-state index is 12.6. The van der Waals surface area contributed by atoms with Crippen LogP contribution in [-0.2, 0) is 17.1 Å². The van der Waals surface area contributed by atoms with Gasteiger partial charge in [-0.3, -0.25) is 4.79 Å². The minimum Gasteiger partial charge on any atom is -0.493 e. The van der Waals surface area contributed by atoms with Gasteiger partial charge in [0.1, 0.15) is 4.90 Å². The summed E-state index contributed by atoms with van der Waals surface area (Å²) >= 11 is 0. The second-order valence-electron chi connectivity index (χ2n) is 4.68. The van der Waals surface area contributed by atoms with Gasteiger partial charge in [0.05, 0.1) is 32.2 Å². The largest absolute Gasteiger partial charge is 0.493 e. The van der Waals surface area contributed by atoms with Crippen LogP contribution in [0.1, 0.15) is 0 Å². The van der Waals surface area contributed by atoms with Gasteiger partial charge in [-0.25, -0.2) is 13.1 Å². The summed E-state index contributed by atoms with van der Waals surface area (Å²) in [4.78, 5) is 12.3. The Morgan fingerprint density at radius 1 is 1.09 bits per heavy atom. The predicted octanol–water partition coefficient (Wildman–Crippen LogP) is 0.472. The van der Waals surface area contributed by atoms with Crippen molar-refractivity contribution >= 4 is 20.9 Å². The van der Waals surface area contributed by atoms with Crippen LogP contribution < -0.4 is 24.4 Å². The van der Waals surface area contributed by atoms with Gasteiger partial charge < -0.3 is 18.8 Å². The number of hydrogen-bond acceptors (Lipinski definition) is 6. The molecule has 1 aromatic carbocycles. The van der Waals surface area contributed by atoms with Gasteiger partial charge in [-0.15, -0.1) is 0 Å². The van der Waals surface area contributed by atoms with Crippen molar-refractivity contribution in [2.45, 2.75) is 4.90 Å². The van der Waals surface area contributed by atoms with Crippen LogP contribution in [0, 0.1) is 0 Å². The molecular formula is C14H18N2O6S. The maximum atomic E-state index is 12.6. The first kappa shape index (κ1) is 17.1. The fraction of sp³-hybridized carbons (Fsp3) is 0.357. The van der Waals surface area contributed by atoms with E-state index in [0.717, 1.165) is 0 Å². The molecule has 0 aliphatic rings. The standard InChI is InChI=1S/C14H18N2O6S/c1-15-23(18,19)10-7-16(2)11-8(12(10)17)6-9(20-3)13(21-4)14(11)22-5/h6-7,15H,1-5H3. The number of sulfonamides is 1. The molecule has 0 atom stereocenters. The molecule has 1 aromatic heterocycles. The quantitative estimate of drug-likeness (QED) is 0.849. The normalized spacial score (nSPS) is 11.5. The summed E-state index contributed by atoms with van der Waals surface area (Å²) in [7, 11) is 3.26. The van der Waals surface area contributed by atoms with E-state index in [2.05, 4.69) is 4.72 Å². The van der Waals surface area contributed by atoms with E-state index in [1.54, 1.807) is 7.05 Å². The van der Waals surface area contributed by atoms with Gasteiger partial charge in [0.25, 0.3) is 0 Å². The summed E-state index contributed by atoms with van der Waals surface area (Å²) in [5.74, 6) is 0.879. The molecular weight excluding hydrogens is 324 g/mol. The Kier molecular flexibility index (Phi) is 4.53. The molecule has 0 saturated carbocycles. The molecule has 2 rings (SSSR count). The average Bonchev–Trinajstić information content (AvgIpc) is 2.55. The number of nitrogens with zero attached hydrogens (tertiary/aromatic N) is 1. The van der Waals surface area contributed by atoms with Gasteiger partial charge in [0.2, 0.25) is 21.2 Å². The van der Waals surface area contributed by atoms with Gasteiger partial charge in [0.15, 0.2) is 11.5 Å². The molecule has 0 saturated heterocycles. The molecule has 9 heteroatoms. The number of methoxy groups -OCH3 is 3. The Labute approximate surface area is 133 Å².